The summed E-state index contributed by atoms with van der Waals surface area (Å²) in [7, 11) is 0. The Morgan fingerprint density at radius 1 is 0.653 bits per heavy atom. The van der Waals surface area contributed by atoms with Crippen LogP contribution in [0.1, 0.15) is 101 Å². The number of nitrogens with zero attached hydrogens (tertiary/aromatic N) is 2. The summed E-state index contributed by atoms with van der Waals surface area (Å²) in [6.45, 7) is 17.1. The molecule has 0 amide bonds. The van der Waals surface area contributed by atoms with Crippen molar-refractivity contribution >= 4 is 12.4 Å². The van der Waals surface area contributed by atoms with Gasteiger partial charge in [0.05, 0.1) is 0 Å². The summed E-state index contributed by atoms with van der Waals surface area (Å²) in [5, 5.41) is 31.6. The molecule has 2 N–H and O–H groups in total. The second-order valence-electron chi connectivity index (χ2n) is 14.6. The van der Waals surface area contributed by atoms with E-state index in [0.717, 1.165) is 35.1 Å². The first-order valence-electron chi connectivity index (χ1n) is 15.5. The van der Waals surface area contributed by atoms with E-state index in [1.165, 1.54) is 24.0 Å². The molecule has 1 aliphatic heterocycles. The van der Waals surface area contributed by atoms with Crippen molar-refractivity contribution in [1.82, 2.24) is 0 Å². The van der Waals surface area contributed by atoms with Crippen molar-refractivity contribution in [2.24, 2.45) is 0 Å². The summed E-state index contributed by atoms with van der Waals surface area (Å²) in [6.07, 6.45) is -11.7. The van der Waals surface area contributed by atoms with Crippen LogP contribution in [0.3, 0.4) is 0 Å². The first-order valence-corrected chi connectivity index (χ1v) is 16.6. The van der Waals surface area contributed by atoms with E-state index in [2.05, 4.69) is 99.3 Å². The van der Waals surface area contributed by atoms with Crippen LogP contribution in [-0.4, -0.2) is 66.0 Å². The van der Waals surface area contributed by atoms with Crippen LogP contribution >= 0.6 is 0 Å². The molecule has 2 aromatic rings. The number of phenolic OH excluding ortho intramolecular Hbond substituents is 2. The second-order valence-corrected chi connectivity index (χ2v) is 16.1. The summed E-state index contributed by atoms with van der Waals surface area (Å²) in [5.41, 5.74) is -1.17. The molecule has 2 aliphatic rings. The molecule has 0 bridgehead atoms. The topological polar surface area (TPSA) is 69.5 Å². The SMILES string of the molecule is Cc1cc(C=[N+]2[Mn][N+](=Cc3cc(C)cc(C(C)(C)C)c3O)[C@@H]3CCCC[C@H]32)c(O)c(C(C)(C)C)c1.[O-]C(F)(F)C(F)(C(F)(F)F)C(F)(F)F. The minimum absolute atomic E-state index is 0.118. The Morgan fingerprint density at radius 3 is 1.22 bits per heavy atom. The molecule has 15 heteroatoms. The van der Waals surface area contributed by atoms with Crippen molar-refractivity contribution in [3.63, 3.8) is 0 Å². The smallest absolute Gasteiger partial charge is 0.436 e. The van der Waals surface area contributed by atoms with Crippen LogP contribution in [0.15, 0.2) is 24.3 Å². The molecule has 2 atom stereocenters. The number of phenols is 2. The fourth-order valence-electron chi connectivity index (χ4n) is 5.83. The molecule has 4 rings (SSSR count). The number of fused-ring (bicyclic) bond motifs is 1. The van der Waals surface area contributed by atoms with E-state index < -0.39 is 24.1 Å². The fourth-order valence-corrected chi connectivity index (χ4v) is 7.67. The summed E-state index contributed by atoms with van der Waals surface area (Å²) >= 11 is 0.404. The van der Waals surface area contributed by atoms with Crippen LogP contribution in [0.5, 0.6) is 11.5 Å². The maximum absolute atomic E-state index is 12.0. The zero-order valence-electron chi connectivity index (χ0n) is 28.4. The molecule has 2 aromatic carbocycles. The summed E-state index contributed by atoms with van der Waals surface area (Å²) in [4.78, 5) is 0. The molecule has 5 nitrogen and oxygen atoms in total. The molecule has 0 spiro atoms. The molecule has 49 heavy (non-hydrogen) atoms. The van der Waals surface area contributed by atoms with Crippen molar-refractivity contribution < 1.29 is 77.4 Å². The van der Waals surface area contributed by atoms with Gasteiger partial charge < -0.3 is 5.11 Å². The average molecular weight is 753 g/mol. The quantitative estimate of drug-likeness (QED) is 0.248. The standard InChI is InChI=1S/C30H42N2O2.C4F9O.Mn/c1-19-13-21(27(33)23(15-19)29(3,4)5)17-31-25-11-9-10-12-26(25)32-18-22-14-20(2)16-24(28(22)34)30(6,7)8;5-1(2(6,7)8,3(9,10)11)4(12,13)14;/h13-18,25-26,33-34H,9-12H2,1-8H3;;/q;-1;+2/t25-,26-;;/m1../s1. The zero-order valence-corrected chi connectivity index (χ0v) is 29.6. The van der Waals surface area contributed by atoms with Gasteiger partial charge in [0.2, 0.25) is 6.11 Å². The van der Waals surface area contributed by atoms with Crippen LogP contribution in [-0.2, 0) is 26.2 Å². The van der Waals surface area contributed by atoms with E-state index in [9.17, 15) is 54.8 Å². The Bertz CT molecular complexity index is 1470. The molecule has 275 valence electrons. The van der Waals surface area contributed by atoms with E-state index in [1.54, 1.807) is 0 Å². The van der Waals surface area contributed by atoms with Crippen LogP contribution in [0.25, 0.3) is 0 Å². The van der Waals surface area contributed by atoms with Crippen molar-refractivity contribution in [1.29, 1.82) is 0 Å². The van der Waals surface area contributed by atoms with E-state index in [1.807, 2.05) is 0 Å². The van der Waals surface area contributed by atoms with Crippen molar-refractivity contribution in [3.8, 4) is 11.5 Å². The first-order chi connectivity index (χ1) is 22.0. The van der Waals surface area contributed by atoms with Gasteiger partial charge in [-0.15, -0.1) is 0 Å². The van der Waals surface area contributed by atoms with Gasteiger partial charge in [-0.05, 0) is 0 Å². The fraction of sp³-hybridized carbons (Fsp3) is 0.588. The number of halogens is 9. The van der Waals surface area contributed by atoms with E-state index in [4.69, 9.17) is 0 Å². The second kappa shape index (κ2) is 13.7. The Kier molecular flexibility index (Phi) is 11.4. The predicted molar refractivity (Wildman–Crippen MR) is 161 cm³/mol. The molecule has 0 aromatic heterocycles. The predicted octanol–water partition coefficient (Wildman–Crippen LogP) is 7.88. The third-order valence-corrected chi connectivity index (χ3v) is 10.0. The Labute approximate surface area is 286 Å². The number of aromatic hydroxyl groups is 2. The van der Waals surface area contributed by atoms with Crippen LogP contribution in [0, 0.1) is 13.8 Å². The largest absolute Gasteiger partial charge is 0.795 e. The Balaban J connectivity index is 0.000000393. The maximum Gasteiger partial charge on any atom is 0.436 e. The van der Waals surface area contributed by atoms with Gasteiger partial charge in [-0.25, -0.2) is 13.2 Å². The molecule has 1 aliphatic carbocycles. The van der Waals surface area contributed by atoms with Crippen molar-refractivity contribution in [3.05, 3.63) is 57.6 Å². The van der Waals surface area contributed by atoms with Gasteiger partial charge in [0.1, 0.15) is 0 Å². The van der Waals surface area contributed by atoms with Gasteiger partial charge in [-0.3, -0.25) is 0 Å². The molecule has 0 radical (unpaired) electrons. The number of hydrogen-bond donors (Lipinski definition) is 2. The van der Waals surface area contributed by atoms with Gasteiger partial charge in [-0.1, -0.05) is 0 Å². The number of alkyl halides is 9. The first kappa shape index (κ1) is 40.7. The normalized spacial score (nSPS) is 21.1. The molecule has 1 saturated carbocycles. The third-order valence-electron chi connectivity index (χ3n) is 8.39. The molecule has 2 fully saturated rings. The maximum atomic E-state index is 12.0. The summed E-state index contributed by atoms with van der Waals surface area (Å²) in [6, 6.07) is 9.26. The van der Waals surface area contributed by atoms with Crippen molar-refractivity contribution in [2.45, 2.75) is 128 Å². The van der Waals surface area contributed by atoms with E-state index in [-0.39, 0.29) is 10.8 Å². The van der Waals surface area contributed by atoms with Gasteiger partial charge in [-0.2, -0.15) is 26.3 Å². The summed E-state index contributed by atoms with van der Waals surface area (Å²) < 4.78 is 108. The van der Waals surface area contributed by atoms with Gasteiger partial charge in [0, 0.05) is 0 Å². The Hall–Kier alpha value is -2.77. The monoisotopic (exact) mass is 752 g/mol. The summed E-state index contributed by atoms with van der Waals surface area (Å²) in [5.74, 6) is 0.795. The number of hydrogen-bond acceptors (Lipinski definition) is 3. The minimum Gasteiger partial charge on any atom is -0.795 e. The molecular formula is C34H42F9MnN2O3+. The van der Waals surface area contributed by atoms with E-state index in [0.29, 0.717) is 39.0 Å². The number of aryl methyl sites for hydroxylation is 2. The Morgan fingerprint density at radius 2 is 0.980 bits per heavy atom. The zero-order chi connectivity index (χ0) is 37.7. The van der Waals surface area contributed by atoms with Crippen molar-refractivity contribution in [2.75, 3.05) is 0 Å². The van der Waals surface area contributed by atoms with Crippen LogP contribution < -0.4 is 5.11 Å². The molecule has 1 saturated heterocycles. The van der Waals surface area contributed by atoms with Gasteiger partial charge in [0.25, 0.3) is 0 Å². The van der Waals surface area contributed by atoms with Crippen LogP contribution in [0.4, 0.5) is 39.5 Å². The number of benzene rings is 2. The molecule has 1 heterocycles. The van der Waals surface area contributed by atoms with Gasteiger partial charge >= 0.3 is 236 Å². The minimum atomic E-state index is -7.08. The third kappa shape index (κ3) is 8.58. The molecule has 0 unspecified atom stereocenters. The van der Waals surface area contributed by atoms with E-state index >= 15 is 0 Å². The molecular weight excluding hydrogens is 710 g/mol. The average Bonchev–Trinajstić information content (AvgIpc) is 3.26. The number of rotatable bonds is 3. The van der Waals surface area contributed by atoms with Crippen LogP contribution in [0.2, 0.25) is 0 Å². The van der Waals surface area contributed by atoms with Gasteiger partial charge in [0.15, 0.2) is 0 Å².